The van der Waals surface area contributed by atoms with Crippen molar-refractivity contribution < 1.29 is 13.5 Å². The summed E-state index contributed by atoms with van der Waals surface area (Å²) in [6.45, 7) is 3.47. The van der Waals surface area contributed by atoms with Gasteiger partial charge in [0.05, 0.1) is 11.7 Å². The summed E-state index contributed by atoms with van der Waals surface area (Å²) in [4.78, 5) is 4.45. The number of aromatic nitrogens is 5. The molecule has 0 unspecified atom stereocenters. The molecule has 4 heterocycles. The molecule has 1 aliphatic heterocycles. The number of fused-ring (bicyclic) bond motifs is 1. The van der Waals surface area contributed by atoms with Crippen LogP contribution in [0.3, 0.4) is 0 Å². The highest BCUT2D eigenvalue weighted by Gasteiger charge is 2.47. The quantitative estimate of drug-likeness (QED) is 0.727. The van der Waals surface area contributed by atoms with E-state index in [0.29, 0.717) is 24.8 Å². The predicted octanol–water partition coefficient (Wildman–Crippen LogP) is 4.25. The number of ether oxygens (including phenoxy) is 1. The number of aromatic amines is 1. The summed E-state index contributed by atoms with van der Waals surface area (Å²) >= 11 is 0. The number of H-pyrrole nitrogens is 1. The van der Waals surface area contributed by atoms with Gasteiger partial charge in [0.25, 0.3) is 5.92 Å². The third-order valence-corrected chi connectivity index (χ3v) is 5.96. The number of aryl methyl sites for hydroxylation is 1. The summed E-state index contributed by atoms with van der Waals surface area (Å²) in [6, 6.07) is 3.86. The summed E-state index contributed by atoms with van der Waals surface area (Å²) in [5.41, 5.74) is 4.44. The first-order valence-electron chi connectivity index (χ1n) is 9.92. The van der Waals surface area contributed by atoms with Gasteiger partial charge >= 0.3 is 0 Å². The second-order valence-electron chi connectivity index (χ2n) is 7.85. The van der Waals surface area contributed by atoms with Gasteiger partial charge in [0, 0.05) is 60.5 Å². The molecule has 0 amide bonds. The van der Waals surface area contributed by atoms with Gasteiger partial charge in [0.1, 0.15) is 0 Å². The van der Waals surface area contributed by atoms with E-state index in [1.54, 1.807) is 6.20 Å². The van der Waals surface area contributed by atoms with Crippen LogP contribution in [-0.2, 0) is 11.2 Å². The largest absolute Gasteiger partial charge is 0.381 e. The fourth-order valence-corrected chi connectivity index (χ4v) is 4.30. The summed E-state index contributed by atoms with van der Waals surface area (Å²) in [5, 5.41) is 13.0. The normalized spacial score (nSPS) is 20.5. The van der Waals surface area contributed by atoms with E-state index in [-0.39, 0.29) is 18.9 Å². The lowest BCUT2D eigenvalue weighted by Gasteiger charge is -2.37. The number of pyridine rings is 1. The number of nitrogens with zero attached hydrogens (tertiary/aromatic N) is 4. The lowest BCUT2D eigenvalue weighted by Crippen LogP contribution is -2.38. The van der Waals surface area contributed by atoms with Crippen molar-refractivity contribution in [3.8, 4) is 11.3 Å². The second kappa shape index (κ2) is 6.62. The number of halogens is 2. The van der Waals surface area contributed by atoms with E-state index in [4.69, 9.17) is 9.84 Å². The summed E-state index contributed by atoms with van der Waals surface area (Å²) in [5.74, 6) is -2.28. The minimum atomic E-state index is -2.57. The van der Waals surface area contributed by atoms with E-state index >= 15 is 0 Å². The number of rotatable bonds is 4. The Kier molecular flexibility index (Phi) is 4.19. The number of alkyl halides is 2. The van der Waals surface area contributed by atoms with Crippen molar-refractivity contribution in [2.45, 2.75) is 56.9 Å². The minimum absolute atomic E-state index is 0.136. The zero-order chi connectivity index (χ0) is 19.3. The molecule has 2 aliphatic rings. The van der Waals surface area contributed by atoms with Gasteiger partial charge in [0.2, 0.25) is 0 Å². The van der Waals surface area contributed by atoms with Crippen LogP contribution >= 0.6 is 0 Å². The fourth-order valence-electron chi connectivity index (χ4n) is 4.30. The highest BCUT2D eigenvalue weighted by atomic mass is 19.3. The third kappa shape index (κ3) is 2.99. The maximum absolute atomic E-state index is 13.5. The second-order valence-corrected chi connectivity index (χ2v) is 7.85. The monoisotopic (exact) mass is 387 g/mol. The van der Waals surface area contributed by atoms with Crippen LogP contribution in [0.25, 0.3) is 22.3 Å². The molecule has 0 atom stereocenters. The van der Waals surface area contributed by atoms with Crippen LogP contribution in [0.15, 0.2) is 18.3 Å². The van der Waals surface area contributed by atoms with Crippen LogP contribution in [-0.4, -0.2) is 44.1 Å². The van der Waals surface area contributed by atoms with Crippen molar-refractivity contribution in [2.24, 2.45) is 0 Å². The van der Waals surface area contributed by atoms with E-state index < -0.39 is 5.92 Å². The standard InChI is InChI=1S/C20H23F2N5O/c1-2-16-15-7-13(11-23-19(15)25-24-16)17-8-18(12-3-5-28-6-4-12)27(26-17)14-9-20(21,22)10-14/h7-8,11-12,14H,2-6,9-10H2,1H3,(H,23,24,25). The molecule has 0 radical (unpaired) electrons. The topological polar surface area (TPSA) is 68.6 Å². The Morgan fingerprint density at radius 2 is 2.04 bits per heavy atom. The Morgan fingerprint density at radius 1 is 1.25 bits per heavy atom. The molecule has 0 aromatic carbocycles. The van der Waals surface area contributed by atoms with E-state index in [0.717, 1.165) is 47.3 Å². The highest BCUT2D eigenvalue weighted by Crippen LogP contribution is 2.47. The summed E-state index contributed by atoms with van der Waals surface area (Å²) in [7, 11) is 0. The Labute approximate surface area is 161 Å². The molecule has 28 heavy (non-hydrogen) atoms. The molecule has 148 valence electrons. The molecule has 1 saturated carbocycles. The van der Waals surface area contributed by atoms with Crippen LogP contribution in [0.1, 0.15) is 56.0 Å². The van der Waals surface area contributed by atoms with Gasteiger partial charge in [-0.25, -0.2) is 13.8 Å². The zero-order valence-electron chi connectivity index (χ0n) is 15.8. The first-order valence-corrected chi connectivity index (χ1v) is 9.92. The molecule has 0 bridgehead atoms. The van der Waals surface area contributed by atoms with E-state index in [1.165, 1.54) is 0 Å². The Morgan fingerprint density at radius 3 is 2.75 bits per heavy atom. The fraction of sp³-hybridized carbons (Fsp3) is 0.550. The van der Waals surface area contributed by atoms with Crippen molar-refractivity contribution in [1.82, 2.24) is 25.0 Å². The van der Waals surface area contributed by atoms with Crippen LogP contribution in [0, 0.1) is 0 Å². The van der Waals surface area contributed by atoms with Crippen LogP contribution in [0.2, 0.25) is 0 Å². The summed E-state index contributed by atoms with van der Waals surface area (Å²) < 4.78 is 34.4. The molecule has 5 rings (SSSR count). The van der Waals surface area contributed by atoms with Crippen molar-refractivity contribution in [3.63, 3.8) is 0 Å². The number of hydrogen-bond acceptors (Lipinski definition) is 4. The lowest BCUT2D eigenvalue weighted by atomic mass is 9.87. The van der Waals surface area contributed by atoms with Crippen molar-refractivity contribution >= 4 is 11.0 Å². The maximum Gasteiger partial charge on any atom is 0.252 e. The van der Waals surface area contributed by atoms with E-state index in [9.17, 15) is 8.78 Å². The van der Waals surface area contributed by atoms with Gasteiger partial charge in [-0.1, -0.05) is 6.92 Å². The van der Waals surface area contributed by atoms with Gasteiger partial charge in [-0.2, -0.15) is 10.2 Å². The molecule has 0 spiro atoms. The average molecular weight is 387 g/mol. The van der Waals surface area contributed by atoms with Gasteiger partial charge in [-0.3, -0.25) is 9.78 Å². The SMILES string of the molecule is CCc1[nH]nc2ncc(-c3cc(C4CCOCC4)n(C4CC(F)(F)C4)n3)cc12. The zero-order valence-corrected chi connectivity index (χ0v) is 15.8. The van der Waals surface area contributed by atoms with Gasteiger partial charge in [-0.05, 0) is 31.4 Å². The Hall–Kier alpha value is -2.35. The van der Waals surface area contributed by atoms with Crippen molar-refractivity contribution in [3.05, 3.63) is 29.7 Å². The molecule has 2 fully saturated rings. The van der Waals surface area contributed by atoms with Gasteiger partial charge in [0.15, 0.2) is 5.65 Å². The van der Waals surface area contributed by atoms with Crippen LogP contribution in [0.4, 0.5) is 8.78 Å². The molecule has 1 saturated heterocycles. The van der Waals surface area contributed by atoms with Crippen LogP contribution < -0.4 is 0 Å². The predicted molar refractivity (Wildman–Crippen MR) is 100 cm³/mol. The first-order chi connectivity index (χ1) is 13.5. The van der Waals surface area contributed by atoms with Gasteiger partial charge in [-0.15, -0.1) is 0 Å². The molecular weight excluding hydrogens is 364 g/mol. The van der Waals surface area contributed by atoms with Crippen molar-refractivity contribution in [1.29, 1.82) is 0 Å². The van der Waals surface area contributed by atoms with Crippen molar-refractivity contribution in [2.75, 3.05) is 13.2 Å². The first kappa shape index (κ1) is 17.7. The smallest absolute Gasteiger partial charge is 0.252 e. The van der Waals surface area contributed by atoms with Gasteiger partial charge < -0.3 is 4.74 Å². The number of nitrogens with one attached hydrogen (secondary N) is 1. The molecule has 1 N–H and O–H groups in total. The third-order valence-electron chi connectivity index (χ3n) is 5.96. The molecule has 8 heteroatoms. The van der Waals surface area contributed by atoms with E-state index in [1.807, 2.05) is 10.7 Å². The molecule has 1 aliphatic carbocycles. The highest BCUT2D eigenvalue weighted by molar-refractivity contribution is 5.82. The molecule has 6 nitrogen and oxygen atoms in total. The lowest BCUT2D eigenvalue weighted by molar-refractivity contribution is -0.107. The Bertz CT molecular complexity index is 997. The number of hydrogen-bond donors (Lipinski definition) is 1. The minimum Gasteiger partial charge on any atom is -0.381 e. The van der Waals surface area contributed by atoms with E-state index in [2.05, 4.69) is 28.2 Å². The molecular formula is C20H23F2N5O. The molecule has 3 aromatic heterocycles. The average Bonchev–Trinajstić information content (AvgIpc) is 3.30. The summed E-state index contributed by atoms with van der Waals surface area (Å²) in [6.07, 6.45) is 4.12. The molecule has 3 aromatic rings. The van der Waals surface area contributed by atoms with Crippen LogP contribution in [0.5, 0.6) is 0 Å². The maximum atomic E-state index is 13.5. The Balaban J connectivity index is 1.55.